The van der Waals surface area contributed by atoms with Gasteiger partial charge in [-0.15, -0.1) is 0 Å². The van der Waals surface area contributed by atoms with Gasteiger partial charge in [0.15, 0.2) is 0 Å². The summed E-state index contributed by atoms with van der Waals surface area (Å²) in [6.07, 6.45) is 4.10. The van der Waals surface area contributed by atoms with Gasteiger partial charge in [-0.2, -0.15) is 0 Å². The van der Waals surface area contributed by atoms with Crippen LogP contribution in [0.5, 0.6) is 0 Å². The van der Waals surface area contributed by atoms with Crippen LogP contribution in [0.25, 0.3) is 0 Å². The van der Waals surface area contributed by atoms with E-state index in [2.05, 4.69) is 6.92 Å². The predicted molar refractivity (Wildman–Crippen MR) is 98.2 cm³/mol. The van der Waals surface area contributed by atoms with Crippen LogP contribution in [-0.4, -0.2) is 54.3 Å². The van der Waals surface area contributed by atoms with Crippen molar-refractivity contribution in [3.63, 3.8) is 0 Å². The minimum Gasteiger partial charge on any atom is -0.339 e. The minimum atomic E-state index is 0.0652. The van der Waals surface area contributed by atoms with Gasteiger partial charge in [-0.25, -0.2) is 0 Å². The first-order valence-electron chi connectivity index (χ1n) is 9.51. The molecule has 5 heteroatoms. The average molecular weight is 343 g/mol. The molecule has 2 N–H and O–H groups in total. The molecule has 0 radical (unpaired) electrons. The third kappa shape index (κ3) is 3.87. The molecule has 2 atom stereocenters. The van der Waals surface area contributed by atoms with Crippen LogP contribution >= 0.6 is 0 Å². The highest BCUT2D eigenvalue weighted by molar-refractivity contribution is 5.94. The van der Waals surface area contributed by atoms with Gasteiger partial charge in [0.05, 0.1) is 0 Å². The summed E-state index contributed by atoms with van der Waals surface area (Å²) < 4.78 is 0. The summed E-state index contributed by atoms with van der Waals surface area (Å²) >= 11 is 0. The van der Waals surface area contributed by atoms with Gasteiger partial charge in [0, 0.05) is 37.7 Å². The Morgan fingerprint density at radius 2 is 1.68 bits per heavy atom. The molecule has 1 saturated carbocycles. The molecule has 1 aromatic carbocycles. The maximum absolute atomic E-state index is 12.8. The zero-order valence-electron chi connectivity index (χ0n) is 15.1. The number of hydrogen-bond donors (Lipinski definition) is 1. The number of amides is 2. The summed E-state index contributed by atoms with van der Waals surface area (Å²) in [6, 6.07) is 7.84. The summed E-state index contributed by atoms with van der Waals surface area (Å²) in [5.74, 6) is 0.737. The van der Waals surface area contributed by atoms with Gasteiger partial charge in [-0.3, -0.25) is 9.59 Å². The highest BCUT2D eigenvalue weighted by Crippen LogP contribution is 2.32. The zero-order chi connectivity index (χ0) is 17.8. The van der Waals surface area contributed by atoms with Crippen molar-refractivity contribution < 1.29 is 9.59 Å². The summed E-state index contributed by atoms with van der Waals surface area (Å²) in [4.78, 5) is 29.2. The lowest BCUT2D eigenvalue weighted by atomic mass is 9.94. The molecular weight excluding hydrogens is 314 g/mol. The van der Waals surface area contributed by atoms with E-state index in [1.165, 1.54) is 5.56 Å². The van der Waals surface area contributed by atoms with E-state index >= 15 is 0 Å². The number of nitrogens with zero attached hydrogens (tertiary/aromatic N) is 2. The average Bonchev–Trinajstić information content (AvgIpc) is 3.16. The lowest BCUT2D eigenvalue weighted by Crippen LogP contribution is -2.52. The topological polar surface area (TPSA) is 66.6 Å². The van der Waals surface area contributed by atoms with E-state index in [9.17, 15) is 9.59 Å². The summed E-state index contributed by atoms with van der Waals surface area (Å²) in [5, 5.41) is 0. The highest BCUT2D eigenvalue weighted by atomic mass is 16.2. The normalized spacial score (nSPS) is 23.8. The third-order valence-corrected chi connectivity index (χ3v) is 5.77. The molecule has 25 heavy (non-hydrogen) atoms. The molecule has 3 rings (SSSR count). The van der Waals surface area contributed by atoms with Gasteiger partial charge in [-0.05, 0) is 49.4 Å². The molecule has 5 nitrogen and oxygen atoms in total. The van der Waals surface area contributed by atoms with Crippen molar-refractivity contribution in [2.24, 2.45) is 17.6 Å². The fraction of sp³-hybridized carbons (Fsp3) is 0.600. The molecule has 1 saturated heterocycles. The molecule has 0 aromatic heterocycles. The third-order valence-electron chi connectivity index (χ3n) is 5.77. The molecular formula is C20H29N3O2. The molecule has 136 valence electrons. The SMILES string of the molecule is CCc1ccc(C(=O)N2CCN(C(=O)[C@@H]3CCC[C@@H]3CN)CC2)cc1. The number of rotatable bonds is 4. The Bertz CT molecular complexity index is 606. The second-order valence-corrected chi connectivity index (χ2v) is 7.20. The van der Waals surface area contributed by atoms with Gasteiger partial charge in [0.25, 0.3) is 5.91 Å². The van der Waals surface area contributed by atoms with E-state index in [4.69, 9.17) is 5.73 Å². The zero-order valence-corrected chi connectivity index (χ0v) is 15.1. The first kappa shape index (κ1) is 17.9. The maximum Gasteiger partial charge on any atom is 0.253 e. The van der Waals surface area contributed by atoms with Gasteiger partial charge < -0.3 is 15.5 Å². The second kappa shape index (κ2) is 8.00. The molecule has 1 aliphatic heterocycles. The molecule has 2 aliphatic rings. The van der Waals surface area contributed by atoms with Crippen LogP contribution in [0.15, 0.2) is 24.3 Å². The Balaban J connectivity index is 1.55. The second-order valence-electron chi connectivity index (χ2n) is 7.20. The van der Waals surface area contributed by atoms with Gasteiger partial charge >= 0.3 is 0 Å². The highest BCUT2D eigenvalue weighted by Gasteiger charge is 2.36. The van der Waals surface area contributed by atoms with Crippen molar-refractivity contribution in [1.29, 1.82) is 0 Å². The standard InChI is InChI=1S/C20H29N3O2/c1-2-15-6-8-16(9-7-15)19(24)22-10-12-23(13-11-22)20(25)18-5-3-4-17(18)14-21/h6-9,17-18H,2-5,10-14,21H2,1H3/t17-,18-/m1/s1. The minimum absolute atomic E-state index is 0.0652. The molecule has 0 unspecified atom stereocenters. The first-order chi connectivity index (χ1) is 12.1. The van der Waals surface area contributed by atoms with E-state index in [1.807, 2.05) is 34.1 Å². The van der Waals surface area contributed by atoms with E-state index in [1.54, 1.807) is 0 Å². The van der Waals surface area contributed by atoms with E-state index in [0.29, 0.717) is 38.6 Å². The van der Waals surface area contributed by atoms with Crippen molar-refractivity contribution in [2.75, 3.05) is 32.7 Å². The largest absolute Gasteiger partial charge is 0.339 e. The number of hydrogen-bond acceptors (Lipinski definition) is 3. The van der Waals surface area contributed by atoms with Crippen molar-refractivity contribution in [2.45, 2.75) is 32.6 Å². The Morgan fingerprint density at radius 1 is 1.04 bits per heavy atom. The number of aryl methyl sites for hydroxylation is 1. The van der Waals surface area contributed by atoms with Crippen molar-refractivity contribution in [1.82, 2.24) is 9.80 Å². The number of piperazine rings is 1. The molecule has 0 spiro atoms. The van der Waals surface area contributed by atoms with Crippen LogP contribution in [0.2, 0.25) is 0 Å². The van der Waals surface area contributed by atoms with E-state index in [0.717, 1.165) is 31.2 Å². The monoisotopic (exact) mass is 343 g/mol. The Morgan fingerprint density at radius 3 is 2.28 bits per heavy atom. The fourth-order valence-electron chi connectivity index (χ4n) is 4.07. The number of benzene rings is 1. The van der Waals surface area contributed by atoms with Gasteiger partial charge in [0.2, 0.25) is 5.91 Å². The van der Waals surface area contributed by atoms with Crippen LogP contribution in [-0.2, 0) is 11.2 Å². The molecule has 2 fully saturated rings. The number of carbonyl (C=O) groups is 2. The van der Waals surface area contributed by atoms with Crippen LogP contribution in [0.1, 0.15) is 42.1 Å². The van der Waals surface area contributed by atoms with Crippen molar-refractivity contribution >= 4 is 11.8 Å². The van der Waals surface area contributed by atoms with Crippen LogP contribution in [0.3, 0.4) is 0 Å². The molecule has 1 aromatic rings. The Hall–Kier alpha value is -1.88. The van der Waals surface area contributed by atoms with Crippen LogP contribution < -0.4 is 5.73 Å². The first-order valence-corrected chi connectivity index (χ1v) is 9.51. The molecule has 0 bridgehead atoms. The number of carbonyl (C=O) groups excluding carboxylic acids is 2. The summed E-state index contributed by atoms with van der Waals surface area (Å²) in [6.45, 7) is 5.19. The Labute approximate surface area is 150 Å². The van der Waals surface area contributed by atoms with Crippen LogP contribution in [0.4, 0.5) is 0 Å². The van der Waals surface area contributed by atoms with E-state index in [-0.39, 0.29) is 17.7 Å². The Kier molecular flexibility index (Phi) is 5.74. The lowest BCUT2D eigenvalue weighted by Gasteiger charge is -2.36. The molecule has 2 amide bonds. The summed E-state index contributed by atoms with van der Waals surface area (Å²) in [5.41, 5.74) is 7.78. The number of nitrogens with two attached hydrogens (primary N) is 1. The molecule has 1 heterocycles. The summed E-state index contributed by atoms with van der Waals surface area (Å²) in [7, 11) is 0. The van der Waals surface area contributed by atoms with Crippen molar-refractivity contribution in [3.05, 3.63) is 35.4 Å². The van der Waals surface area contributed by atoms with Gasteiger partial charge in [0.1, 0.15) is 0 Å². The van der Waals surface area contributed by atoms with Crippen molar-refractivity contribution in [3.8, 4) is 0 Å². The smallest absolute Gasteiger partial charge is 0.253 e. The van der Waals surface area contributed by atoms with Crippen LogP contribution in [0, 0.1) is 11.8 Å². The van der Waals surface area contributed by atoms with E-state index < -0.39 is 0 Å². The molecule has 1 aliphatic carbocycles. The quantitative estimate of drug-likeness (QED) is 0.908. The predicted octanol–water partition coefficient (Wildman–Crippen LogP) is 1.91. The lowest BCUT2D eigenvalue weighted by molar-refractivity contribution is -0.138. The maximum atomic E-state index is 12.8. The fourth-order valence-corrected chi connectivity index (χ4v) is 4.07. The van der Waals surface area contributed by atoms with Gasteiger partial charge in [-0.1, -0.05) is 25.5 Å².